The highest BCUT2D eigenvalue weighted by atomic mass is 32.2. The predicted molar refractivity (Wildman–Crippen MR) is 246 cm³/mol. The number of carbonyl (C=O) groups excluding carboxylic acids is 4. The first-order valence-corrected chi connectivity index (χ1v) is 23.3. The smallest absolute Gasteiger partial charge is 0.255 e. The van der Waals surface area contributed by atoms with E-state index < -0.39 is 47.9 Å². The fourth-order valence-electron chi connectivity index (χ4n) is 6.31. The standard InChI is InChI=1S/C30H36N2O5S.C18H19NO5S/c1-7-26(38(36,37)23-16-13-21(14-17-23)30(5,6)29(2,3)4)28(35)31-22-15-18-24(25(33)19-22)32-27(34)20-11-9-8-10-12-20;1-3-17(25(23,24)15-8-4-12(2)5-9-15)18(22)19-14-7-6-13(11-20)16(21)10-14/h8-19,26,33H,7H2,1-6H3,(H,31,35)(H,32,34);4-11,17,21H,3H2,1-2H3,(H,19,22). The van der Waals surface area contributed by atoms with Crippen LogP contribution in [0.4, 0.5) is 17.1 Å². The second kappa shape index (κ2) is 20.2. The minimum Gasteiger partial charge on any atom is -0.507 e. The molecule has 5 rings (SSSR count). The van der Waals surface area contributed by atoms with Gasteiger partial charge in [0.2, 0.25) is 11.8 Å². The highest BCUT2D eigenvalue weighted by Crippen LogP contribution is 2.41. The van der Waals surface area contributed by atoms with E-state index in [1.54, 1.807) is 68.4 Å². The summed E-state index contributed by atoms with van der Waals surface area (Å²) < 4.78 is 52.2. The van der Waals surface area contributed by atoms with Crippen molar-refractivity contribution in [3.63, 3.8) is 0 Å². The van der Waals surface area contributed by atoms with Crippen molar-refractivity contribution in [2.75, 3.05) is 16.0 Å². The number of aromatic hydroxyl groups is 2. The zero-order valence-electron chi connectivity index (χ0n) is 36.6. The monoisotopic (exact) mass is 897 g/mol. The lowest BCUT2D eigenvalue weighted by molar-refractivity contribution is -0.116. The SMILES string of the molecule is CCC(C(=O)Nc1ccc(C=O)c(O)c1)S(=O)(=O)c1ccc(C)cc1.CCC(C(=O)Nc1ccc(NC(=O)c2ccccc2)c(O)c1)S(=O)(=O)c1ccc(C(C)(C)C(C)(C)C)cc1. The van der Waals surface area contributed by atoms with Crippen LogP contribution in [0.2, 0.25) is 0 Å². The lowest BCUT2D eigenvalue weighted by Gasteiger charge is -2.39. The Morgan fingerprint density at radius 2 is 1.08 bits per heavy atom. The molecule has 0 aromatic heterocycles. The van der Waals surface area contributed by atoms with Gasteiger partial charge in [-0.15, -0.1) is 0 Å². The number of aryl methyl sites for hydroxylation is 1. The zero-order chi connectivity index (χ0) is 46.9. The van der Waals surface area contributed by atoms with Crippen molar-refractivity contribution >= 4 is 60.7 Å². The van der Waals surface area contributed by atoms with Gasteiger partial charge in [-0.2, -0.15) is 0 Å². The van der Waals surface area contributed by atoms with E-state index >= 15 is 0 Å². The van der Waals surface area contributed by atoms with Gasteiger partial charge in [0.1, 0.15) is 22.0 Å². The van der Waals surface area contributed by atoms with E-state index in [0.717, 1.165) is 11.1 Å². The molecular weight excluding hydrogens is 843 g/mol. The van der Waals surface area contributed by atoms with E-state index in [2.05, 4.69) is 50.6 Å². The summed E-state index contributed by atoms with van der Waals surface area (Å²) in [6, 6.07) is 29.7. The fourth-order valence-corrected chi connectivity index (χ4v) is 9.56. The first kappa shape index (κ1) is 49.3. The van der Waals surface area contributed by atoms with Crippen molar-refractivity contribution in [2.24, 2.45) is 5.41 Å². The third-order valence-corrected chi connectivity index (χ3v) is 15.6. The van der Waals surface area contributed by atoms with Crippen LogP contribution < -0.4 is 16.0 Å². The maximum atomic E-state index is 13.4. The predicted octanol–water partition coefficient (Wildman–Crippen LogP) is 8.86. The molecule has 0 fully saturated rings. The van der Waals surface area contributed by atoms with Gasteiger partial charge >= 0.3 is 0 Å². The number of sulfone groups is 2. The molecule has 0 saturated heterocycles. The van der Waals surface area contributed by atoms with Crippen LogP contribution in [0.15, 0.2) is 125 Å². The van der Waals surface area contributed by atoms with E-state index in [-0.39, 0.29) is 67.6 Å². The van der Waals surface area contributed by atoms with Crippen molar-refractivity contribution in [3.05, 3.63) is 138 Å². The lowest BCUT2D eigenvalue weighted by atomic mass is 9.65. The molecule has 3 amide bonds. The molecule has 5 N–H and O–H groups in total. The molecule has 0 spiro atoms. The molecule has 334 valence electrons. The van der Waals surface area contributed by atoms with Gasteiger partial charge in [0, 0.05) is 29.1 Å². The number of amides is 3. The molecule has 5 aromatic carbocycles. The van der Waals surface area contributed by atoms with Crippen molar-refractivity contribution in [1.29, 1.82) is 0 Å². The number of nitrogens with one attached hydrogen (secondary N) is 3. The van der Waals surface area contributed by atoms with Gasteiger partial charge in [-0.05, 0) is 96.8 Å². The number of benzene rings is 5. The number of anilines is 3. The van der Waals surface area contributed by atoms with E-state index in [1.165, 1.54) is 48.5 Å². The maximum absolute atomic E-state index is 13.4. The number of hydrogen-bond donors (Lipinski definition) is 5. The largest absolute Gasteiger partial charge is 0.507 e. The van der Waals surface area contributed by atoms with Crippen molar-refractivity contribution in [1.82, 2.24) is 0 Å². The van der Waals surface area contributed by atoms with Gasteiger partial charge in [0.05, 0.1) is 21.0 Å². The van der Waals surface area contributed by atoms with E-state index in [0.29, 0.717) is 11.8 Å². The van der Waals surface area contributed by atoms with Gasteiger partial charge in [0.15, 0.2) is 26.0 Å². The highest BCUT2D eigenvalue weighted by Gasteiger charge is 2.37. The highest BCUT2D eigenvalue weighted by molar-refractivity contribution is 7.93. The second-order valence-electron chi connectivity index (χ2n) is 16.5. The maximum Gasteiger partial charge on any atom is 0.255 e. The first-order valence-electron chi connectivity index (χ1n) is 20.2. The molecule has 0 aliphatic rings. The van der Waals surface area contributed by atoms with Gasteiger partial charge in [-0.3, -0.25) is 19.2 Å². The van der Waals surface area contributed by atoms with Crippen molar-refractivity contribution in [3.8, 4) is 11.5 Å². The fraction of sp³-hybridized carbons (Fsp3) is 0.292. The van der Waals surface area contributed by atoms with Crippen LogP contribution in [0, 0.1) is 12.3 Å². The first-order chi connectivity index (χ1) is 29.5. The van der Waals surface area contributed by atoms with Crippen LogP contribution in [0.25, 0.3) is 0 Å². The zero-order valence-corrected chi connectivity index (χ0v) is 38.2. The van der Waals surface area contributed by atoms with Crippen LogP contribution >= 0.6 is 0 Å². The molecule has 0 radical (unpaired) electrons. The Balaban J connectivity index is 0.000000302. The number of aldehydes is 1. The van der Waals surface area contributed by atoms with E-state index in [9.17, 15) is 46.2 Å². The summed E-state index contributed by atoms with van der Waals surface area (Å²) in [5.41, 5.74) is 2.80. The van der Waals surface area contributed by atoms with E-state index in [1.807, 2.05) is 19.1 Å². The van der Waals surface area contributed by atoms with Gasteiger partial charge in [-0.1, -0.05) is 96.5 Å². The summed E-state index contributed by atoms with van der Waals surface area (Å²) in [7, 11) is -7.81. The van der Waals surface area contributed by atoms with Crippen LogP contribution in [0.3, 0.4) is 0 Å². The van der Waals surface area contributed by atoms with Gasteiger partial charge < -0.3 is 26.2 Å². The Hall–Kier alpha value is -6.32. The van der Waals surface area contributed by atoms with Crippen molar-refractivity contribution in [2.45, 2.75) is 93.9 Å². The molecule has 63 heavy (non-hydrogen) atoms. The van der Waals surface area contributed by atoms with E-state index in [4.69, 9.17) is 0 Å². The average Bonchev–Trinajstić information content (AvgIpc) is 3.22. The lowest BCUT2D eigenvalue weighted by Crippen LogP contribution is -2.35. The summed E-state index contributed by atoms with van der Waals surface area (Å²) in [6.45, 7) is 15.7. The molecule has 15 heteroatoms. The molecule has 2 atom stereocenters. The Labute approximate surface area is 369 Å². The van der Waals surface area contributed by atoms with Crippen LogP contribution in [0.1, 0.15) is 93.2 Å². The average molecular weight is 898 g/mol. The number of carbonyl (C=O) groups is 4. The molecule has 0 aliphatic carbocycles. The Kier molecular flexibility index (Phi) is 15.9. The molecule has 0 saturated carbocycles. The second-order valence-corrected chi connectivity index (χ2v) is 20.8. The number of rotatable bonds is 14. The topological polar surface area (TPSA) is 213 Å². The molecular formula is C48H55N3O10S2. The minimum absolute atomic E-state index is 0.0370. The van der Waals surface area contributed by atoms with Crippen LogP contribution in [0.5, 0.6) is 11.5 Å². The quantitative estimate of drug-likeness (QED) is 0.0527. The molecule has 5 aromatic rings. The minimum atomic E-state index is -3.96. The van der Waals surface area contributed by atoms with Crippen LogP contribution in [-0.4, -0.2) is 61.6 Å². The van der Waals surface area contributed by atoms with Gasteiger partial charge in [-0.25, -0.2) is 16.8 Å². The molecule has 0 aliphatic heterocycles. The Morgan fingerprint density at radius 1 is 0.619 bits per heavy atom. The third-order valence-electron chi connectivity index (χ3n) is 11.2. The number of phenols is 2. The molecule has 0 heterocycles. The van der Waals surface area contributed by atoms with Gasteiger partial charge in [0.25, 0.3) is 5.91 Å². The normalized spacial score (nSPS) is 12.8. The summed E-state index contributed by atoms with van der Waals surface area (Å²) >= 11 is 0. The summed E-state index contributed by atoms with van der Waals surface area (Å²) in [4.78, 5) is 48.7. The summed E-state index contributed by atoms with van der Waals surface area (Å²) in [5.74, 6) is -2.34. The van der Waals surface area contributed by atoms with Crippen molar-refractivity contribution < 1.29 is 46.2 Å². The molecule has 13 nitrogen and oxygen atoms in total. The summed E-state index contributed by atoms with van der Waals surface area (Å²) in [5, 5.41) is 25.2. The Bertz CT molecular complexity index is 2660. The third kappa shape index (κ3) is 11.8. The molecule has 2 unspecified atom stereocenters. The number of hydrogen-bond acceptors (Lipinski definition) is 10. The Morgan fingerprint density at radius 3 is 1.51 bits per heavy atom. The summed E-state index contributed by atoms with van der Waals surface area (Å²) in [6.07, 6.45) is 0.651. The van der Waals surface area contributed by atoms with Crippen LogP contribution in [-0.2, 0) is 34.7 Å². The number of phenolic OH excluding ortho intramolecular Hbond substituents is 2. The molecule has 0 bridgehead atoms.